The van der Waals surface area contributed by atoms with Crippen LogP contribution in [-0.4, -0.2) is 44.0 Å². The number of methoxy groups -OCH3 is 1. The number of carbonyl (C=O) groups is 3. The maximum Gasteiger partial charge on any atom is 0.328 e. The molecule has 0 saturated carbocycles. The van der Waals surface area contributed by atoms with Gasteiger partial charge in [0, 0.05) is 40.5 Å². The molecule has 0 aliphatic heterocycles. The van der Waals surface area contributed by atoms with E-state index in [-0.39, 0.29) is 11.7 Å². The van der Waals surface area contributed by atoms with E-state index in [1.807, 2.05) is 60.7 Å². The Morgan fingerprint density at radius 1 is 0.909 bits per heavy atom. The Hall–Kier alpha value is -4.88. The molecule has 0 unspecified atom stereocenters. The lowest BCUT2D eigenvalue weighted by Crippen LogP contribution is -2.33. The highest BCUT2D eigenvalue weighted by Crippen LogP contribution is 2.23. The molecule has 0 fully saturated rings. The molecule has 0 aliphatic carbocycles. The molecule has 0 bridgehead atoms. The molecule has 4 rings (SSSR count). The molecule has 8 heteroatoms. The van der Waals surface area contributed by atoms with Gasteiger partial charge in [-0.25, -0.2) is 4.79 Å². The van der Waals surface area contributed by atoms with Crippen LogP contribution in [0.15, 0.2) is 115 Å². The molecule has 0 heterocycles. The zero-order chi connectivity index (χ0) is 31.3. The fourth-order valence-corrected chi connectivity index (χ4v) is 4.87. The molecule has 44 heavy (non-hydrogen) atoms. The molecule has 4 aromatic carbocycles. The van der Waals surface area contributed by atoms with Gasteiger partial charge in [0.1, 0.15) is 11.8 Å². The van der Waals surface area contributed by atoms with Gasteiger partial charge in [-0.15, -0.1) is 0 Å². The zero-order valence-electron chi connectivity index (χ0n) is 24.7. The maximum absolute atomic E-state index is 13.2. The normalized spacial score (nSPS) is 11.5. The van der Waals surface area contributed by atoms with Crippen molar-refractivity contribution in [1.82, 2.24) is 0 Å². The van der Waals surface area contributed by atoms with Crippen molar-refractivity contribution in [2.24, 2.45) is 0 Å². The highest BCUT2D eigenvalue weighted by Gasteiger charge is 2.23. The summed E-state index contributed by atoms with van der Waals surface area (Å²) in [7, 11) is 1.34. The third-order valence-electron chi connectivity index (χ3n) is 6.88. The summed E-state index contributed by atoms with van der Waals surface area (Å²) in [5.74, 6) is -0.0335. The number of amides is 1. The number of hydrogen-bond donors (Lipinski definition) is 1. The van der Waals surface area contributed by atoms with Crippen molar-refractivity contribution in [3.8, 4) is 5.75 Å². The number of carbonyl (C=O) groups excluding carboxylic acids is 3. The summed E-state index contributed by atoms with van der Waals surface area (Å²) in [5, 5.41) is 3.79. The lowest BCUT2D eigenvalue weighted by Gasteiger charge is -2.22. The molecule has 0 aromatic heterocycles. The number of hydrogen-bond acceptors (Lipinski definition) is 6. The van der Waals surface area contributed by atoms with Gasteiger partial charge in [0.05, 0.1) is 13.7 Å². The van der Waals surface area contributed by atoms with Crippen LogP contribution in [0.25, 0.3) is 0 Å². The number of anilines is 2. The van der Waals surface area contributed by atoms with Crippen molar-refractivity contribution >= 4 is 40.6 Å². The van der Waals surface area contributed by atoms with E-state index in [9.17, 15) is 14.4 Å². The molecular weight excluding hydrogens is 576 g/mol. The van der Waals surface area contributed by atoms with Gasteiger partial charge in [-0.05, 0) is 67.4 Å². The van der Waals surface area contributed by atoms with Crippen molar-refractivity contribution in [2.75, 3.05) is 30.5 Å². The summed E-state index contributed by atoms with van der Waals surface area (Å²) in [4.78, 5) is 40.2. The van der Waals surface area contributed by atoms with E-state index in [2.05, 4.69) is 5.32 Å². The minimum absolute atomic E-state index is 0.125. The van der Waals surface area contributed by atoms with Gasteiger partial charge in [0.15, 0.2) is 5.78 Å². The monoisotopic (exact) mass is 610 g/mol. The Morgan fingerprint density at radius 3 is 2.34 bits per heavy atom. The van der Waals surface area contributed by atoms with Crippen LogP contribution < -0.4 is 15.0 Å². The number of esters is 1. The molecule has 226 valence electrons. The number of benzene rings is 4. The Morgan fingerprint density at radius 2 is 1.64 bits per heavy atom. The molecule has 0 aliphatic rings. The van der Waals surface area contributed by atoms with Gasteiger partial charge in [-0.2, -0.15) is 0 Å². The van der Waals surface area contributed by atoms with Gasteiger partial charge < -0.3 is 19.7 Å². The van der Waals surface area contributed by atoms with Crippen molar-refractivity contribution in [3.05, 3.63) is 137 Å². The van der Waals surface area contributed by atoms with Gasteiger partial charge in [0.25, 0.3) is 5.91 Å². The smallest absolute Gasteiger partial charge is 0.328 e. The number of halogens is 1. The van der Waals surface area contributed by atoms with Crippen molar-refractivity contribution in [3.63, 3.8) is 0 Å². The van der Waals surface area contributed by atoms with Crippen LogP contribution in [0, 0.1) is 0 Å². The predicted octanol–water partition coefficient (Wildman–Crippen LogP) is 7.15. The number of allylic oxidation sites excluding steroid dienone is 1. The Balaban J connectivity index is 1.37. The third kappa shape index (κ3) is 8.82. The molecule has 0 spiro atoms. The predicted molar refractivity (Wildman–Crippen MR) is 175 cm³/mol. The van der Waals surface area contributed by atoms with Gasteiger partial charge in [-0.3, -0.25) is 9.59 Å². The Bertz CT molecular complexity index is 1590. The zero-order valence-corrected chi connectivity index (χ0v) is 25.5. The van der Waals surface area contributed by atoms with Gasteiger partial charge >= 0.3 is 5.97 Å². The molecule has 1 N–H and O–H groups in total. The van der Waals surface area contributed by atoms with Crippen LogP contribution in [0.1, 0.15) is 34.8 Å². The summed E-state index contributed by atoms with van der Waals surface area (Å²) in [6.07, 6.45) is 4.17. The summed E-state index contributed by atoms with van der Waals surface area (Å²) in [6.45, 7) is 2.66. The number of ketones is 1. The van der Waals surface area contributed by atoms with Crippen LogP contribution in [-0.2, 0) is 20.7 Å². The van der Waals surface area contributed by atoms with E-state index in [4.69, 9.17) is 21.1 Å². The Labute approximate surface area is 263 Å². The fraction of sp³-hybridized carbons (Fsp3) is 0.194. The van der Waals surface area contributed by atoms with Crippen LogP contribution in [0.4, 0.5) is 11.4 Å². The second-order valence-corrected chi connectivity index (χ2v) is 10.4. The first-order valence-corrected chi connectivity index (χ1v) is 14.7. The number of nitrogens with zero attached hydrogens (tertiary/aromatic N) is 1. The van der Waals surface area contributed by atoms with Crippen LogP contribution in [0.3, 0.4) is 0 Å². The van der Waals surface area contributed by atoms with E-state index in [0.717, 1.165) is 11.3 Å². The second-order valence-electron chi connectivity index (χ2n) is 9.98. The average molecular weight is 611 g/mol. The average Bonchev–Trinajstić information content (AvgIpc) is 3.05. The molecule has 1 amide bonds. The molecule has 4 aromatic rings. The van der Waals surface area contributed by atoms with E-state index in [0.29, 0.717) is 53.6 Å². The van der Waals surface area contributed by atoms with E-state index in [1.165, 1.54) is 13.2 Å². The number of para-hydroxylation sites is 1. The fourth-order valence-electron chi connectivity index (χ4n) is 4.69. The first-order valence-electron chi connectivity index (χ1n) is 14.3. The quantitative estimate of drug-likeness (QED) is 0.0707. The van der Waals surface area contributed by atoms with Gasteiger partial charge in [-0.1, -0.05) is 78.3 Å². The van der Waals surface area contributed by atoms with Crippen LogP contribution in [0.5, 0.6) is 5.75 Å². The lowest BCUT2D eigenvalue weighted by atomic mass is 10.00. The number of rotatable bonds is 14. The summed E-state index contributed by atoms with van der Waals surface area (Å²) < 4.78 is 11.0. The summed E-state index contributed by atoms with van der Waals surface area (Å²) in [5.41, 5.74) is 3.20. The molecule has 0 saturated heterocycles. The van der Waals surface area contributed by atoms with E-state index >= 15 is 0 Å². The molecule has 7 nitrogen and oxygen atoms in total. The minimum atomic E-state index is -0.719. The van der Waals surface area contributed by atoms with Crippen LogP contribution >= 0.6 is 11.6 Å². The summed E-state index contributed by atoms with van der Waals surface area (Å²) in [6, 6.07) is 30.1. The molecular formula is C36H35ClN2O5. The van der Waals surface area contributed by atoms with Crippen molar-refractivity contribution in [1.29, 1.82) is 0 Å². The number of nitrogens with one attached hydrogen (secondary N) is 1. The highest BCUT2D eigenvalue weighted by molar-refractivity contribution is 6.31. The molecule has 1 atom stereocenters. The van der Waals surface area contributed by atoms with Gasteiger partial charge in [0.2, 0.25) is 0 Å². The first kappa shape index (κ1) is 32.0. The topological polar surface area (TPSA) is 84.9 Å². The number of ether oxygens (including phenoxy) is 2. The largest absolute Gasteiger partial charge is 0.494 e. The van der Waals surface area contributed by atoms with E-state index in [1.54, 1.807) is 60.4 Å². The SMILES string of the molecule is CC=CC(=O)N(CCCOc1ccc(C[C@H](Nc2ccccc2C(=O)c2ccccc2)C(=O)OC)cc1)c1cccc(Cl)c1. The lowest BCUT2D eigenvalue weighted by molar-refractivity contribution is -0.141. The van der Waals surface area contributed by atoms with Crippen LogP contribution in [0.2, 0.25) is 5.02 Å². The minimum Gasteiger partial charge on any atom is -0.494 e. The first-order chi connectivity index (χ1) is 21.4. The Kier molecular flexibility index (Phi) is 11.7. The summed E-state index contributed by atoms with van der Waals surface area (Å²) >= 11 is 6.14. The second kappa shape index (κ2) is 16.1. The standard InChI is InChI=1S/C36H35ClN2O5/c1-3-11-34(40)39(29-15-9-14-28(37)25-29)22-10-23-44-30-20-18-26(19-21-30)24-33(36(42)43-2)38-32-17-8-7-16-31(32)35(41)27-12-5-4-6-13-27/h3-9,11-21,25,33,38H,10,22-24H2,1-2H3/t33-/m0/s1. The van der Waals surface area contributed by atoms with E-state index < -0.39 is 12.0 Å². The van der Waals surface area contributed by atoms with Crippen molar-refractivity contribution in [2.45, 2.75) is 25.8 Å². The third-order valence-corrected chi connectivity index (χ3v) is 7.11. The molecule has 0 radical (unpaired) electrons. The maximum atomic E-state index is 13.2. The highest BCUT2D eigenvalue weighted by atomic mass is 35.5. The van der Waals surface area contributed by atoms with Crippen molar-refractivity contribution < 1.29 is 23.9 Å².